The minimum Gasteiger partial charge on any atom is -0.495 e. The average Bonchev–Trinajstić information content (AvgIpc) is 2.47. The van der Waals surface area contributed by atoms with Gasteiger partial charge in [-0.1, -0.05) is 12.1 Å². The molecule has 0 bridgehead atoms. The molecule has 5 nitrogen and oxygen atoms in total. The minimum atomic E-state index is -3.52. The maximum atomic E-state index is 12.7. The van der Waals surface area contributed by atoms with Crippen molar-refractivity contribution in [2.24, 2.45) is 11.7 Å². The SMILES string of the molecule is COc1ccccc1S(=O)(=O)N1CCC[C@H]([C@@H](C)N)C1. The first-order valence-corrected chi connectivity index (χ1v) is 8.29. The molecule has 1 aliphatic rings. The fourth-order valence-corrected chi connectivity index (χ4v) is 4.28. The Hall–Kier alpha value is -1.11. The van der Waals surface area contributed by atoms with Gasteiger partial charge >= 0.3 is 0 Å². The first kappa shape index (κ1) is 15.3. The molecule has 0 radical (unpaired) electrons. The Labute approximate surface area is 120 Å². The maximum absolute atomic E-state index is 12.7. The van der Waals surface area contributed by atoms with Gasteiger partial charge in [0.2, 0.25) is 10.0 Å². The molecule has 0 amide bonds. The average molecular weight is 298 g/mol. The van der Waals surface area contributed by atoms with E-state index in [4.69, 9.17) is 10.5 Å². The van der Waals surface area contributed by atoms with Crippen LogP contribution >= 0.6 is 0 Å². The minimum absolute atomic E-state index is 0.00525. The summed E-state index contributed by atoms with van der Waals surface area (Å²) in [5, 5.41) is 0. The predicted molar refractivity (Wildman–Crippen MR) is 78.1 cm³/mol. The highest BCUT2D eigenvalue weighted by atomic mass is 32.2. The lowest BCUT2D eigenvalue weighted by molar-refractivity contribution is 0.242. The number of nitrogens with zero attached hydrogens (tertiary/aromatic N) is 1. The van der Waals surface area contributed by atoms with E-state index in [0.29, 0.717) is 18.8 Å². The molecular weight excluding hydrogens is 276 g/mol. The van der Waals surface area contributed by atoms with E-state index >= 15 is 0 Å². The van der Waals surface area contributed by atoms with Crippen LogP contribution in [0.3, 0.4) is 0 Å². The molecule has 2 N–H and O–H groups in total. The second kappa shape index (κ2) is 6.11. The summed E-state index contributed by atoms with van der Waals surface area (Å²) in [5.74, 6) is 0.601. The Kier molecular flexibility index (Phi) is 4.67. The van der Waals surface area contributed by atoms with E-state index in [1.807, 2.05) is 6.92 Å². The molecule has 1 saturated heterocycles. The third kappa shape index (κ3) is 2.97. The van der Waals surface area contributed by atoms with Crippen LogP contribution in [-0.2, 0) is 10.0 Å². The molecule has 0 spiro atoms. The van der Waals surface area contributed by atoms with Gasteiger partial charge in [0.1, 0.15) is 10.6 Å². The van der Waals surface area contributed by atoms with Gasteiger partial charge in [0.05, 0.1) is 7.11 Å². The van der Waals surface area contributed by atoms with E-state index < -0.39 is 10.0 Å². The summed E-state index contributed by atoms with van der Waals surface area (Å²) in [4.78, 5) is 0.229. The number of para-hydroxylation sites is 1. The summed E-state index contributed by atoms with van der Waals surface area (Å²) >= 11 is 0. The van der Waals surface area contributed by atoms with Crippen LogP contribution in [0.5, 0.6) is 5.75 Å². The van der Waals surface area contributed by atoms with Gasteiger partial charge in [-0.25, -0.2) is 8.42 Å². The first-order chi connectivity index (χ1) is 9.46. The second-order valence-corrected chi connectivity index (χ2v) is 7.18. The van der Waals surface area contributed by atoms with E-state index in [9.17, 15) is 8.42 Å². The van der Waals surface area contributed by atoms with Gasteiger partial charge in [-0.15, -0.1) is 0 Å². The molecule has 1 fully saturated rings. The Morgan fingerprint density at radius 1 is 1.40 bits per heavy atom. The molecule has 0 unspecified atom stereocenters. The monoisotopic (exact) mass is 298 g/mol. The van der Waals surface area contributed by atoms with Crippen LogP contribution in [0.4, 0.5) is 0 Å². The number of benzene rings is 1. The van der Waals surface area contributed by atoms with Gasteiger partial charge in [-0.05, 0) is 37.8 Å². The zero-order chi connectivity index (χ0) is 14.8. The van der Waals surface area contributed by atoms with E-state index in [1.165, 1.54) is 11.4 Å². The number of ether oxygens (including phenoxy) is 1. The molecule has 2 atom stereocenters. The Balaban J connectivity index is 2.30. The van der Waals surface area contributed by atoms with Gasteiger partial charge < -0.3 is 10.5 Å². The topological polar surface area (TPSA) is 72.6 Å². The van der Waals surface area contributed by atoms with Crippen LogP contribution < -0.4 is 10.5 Å². The molecule has 0 saturated carbocycles. The van der Waals surface area contributed by atoms with Gasteiger partial charge in [0.15, 0.2) is 0 Å². The molecule has 6 heteroatoms. The molecule has 20 heavy (non-hydrogen) atoms. The second-order valence-electron chi connectivity index (χ2n) is 5.28. The maximum Gasteiger partial charge on any atom is 0.246 e. The summed E-state index contributed by atoms with van der Waals surface area (Å²) in [7, 11) is -2.04. The number of nitrogens with two attached hydrogens (primary N) is 1. The normalized spacial score (nSPS) is 22.4. The summed E-state index contributed by atoms with van der Waals surface area (Å²) in [6.45, 7) is 2.96. The number of hydrogen-bond acceptors (Lipinski definition) is 4. The van der Waals surface area contributed by atoms with E-state index in [0.717, 1.165) is 12.8 Å². The van der Waals surface area contributed by atoms with Crippen molar-refractivity contribution >= 4 is 10.0 Å². The van der Waals surface area contributed by atoms with Gasteiger partial charge in [-0.3, -0.25) is 0 Å². The summed E-state index contributed by atoms with van der Waals surface area (Å²) in [6.07, 6.45) is 1.83. The Morgan fingerprint density at radius 2 is 2.10 bits per heavy atom. The van der Waals surface area contributed by atoms with E-state index in [1.54, 1.807) is 24.3 Å². The highest BCUT2D eigenvalue weighted by molar-refractivity contribution is 7.89. The third-order valence-electron chi connectivity index (χ3n) is 3.85. The molecule has 2 rings (SSSR count). The molecule has 1 aliphatic heterocycles. The lowest BCUT2D eigenvalue weighted by Gasteiger charge is -2.34. The molecule has 1 aromatic carbocycles. The van der Waals surface area contributed by atoms with E-state index in [-0.39, 0.29) is 16.9 Å². The van der Waals surface area contributed by atoms with Crippen LogP contribution in [0.15, 0.2) is 29.2 Å². The van der Waals surface area contributed by atoms with Crippen LogP contribution in [-0.4, -0.2) is 39.0 Å². The smallest absolute Gasteiger partial charge is 0.246 e. The zero-order valence-electron chi connectivity index (χ0n) is 12.0. The fourth-order valence-electron chi connectivity index (χ4n) is 2.59. The number of rotatable bonds is 4. The Morgan fingerprint density at radius 3 is 2.75 bits per heavy atom. The van der Waals surface area contributed by atoms with Crippen molar-refractivity contribution in [3.63, 3.8) is 0 Å². The summed E-state index contributed by atoms with van der Waals surface area (Å²) in [6, 6.07) is 6.73. The van der Waals surface area contributed by atoms with Crippen LogP contribution in [0, 0.1) is 5.92 Å². The quantitative estimate of drug-likeness (QED) is 0.913. The van der Waals surface area contributed by atoms with Gasteiger partial charge in [0, 0.05) is 19.1 Å². The van der Waals surface area contributed by atoms with Crippen LogP contribution in [0.2, 0.25) is 0 Å². The van der Waals surface area contributed by atoms with Crippen molar-refractivity contribution in [1.82, 2.24) is 4.31 Å². The largest absolute Gasteiger partial charge is 0.495 e. The number of sulfonamides is 1. The van der Waals surface area contributed by atoms with Crippen molar-refractivity contribution < 1.29 is 13.2 Å². The van der Waals surface area contributed by atoms with Crippen molar-refractivity contribution in [2.75, 3.05) is 20.2 Å². The number of hydrogen-bond donors (Lipinski definition) is 1. The van der Waals surface area contributed by atoms with Crippen molar-refractivity contribution in [2.45, 2.75) is 30.7 Å². The molecule has 0 aliphatic carbocycles. The van der Waals surface area contributed by atoms with Gasteiger partial charge in [-0.2, -0.15) is 4.31 Å². The first-order valence-electron chi connectivity index (χ1n) is 6.85. The molecule has 1 heterocycles. The van der Waals surface area contributed by atoms with E-state index in [2.05, 4.69) is 0 Å². The Bertz CT molecular complexity index is 557. The van der Waals surface area contributed by atoms with Crippen molar-refractivity contribution in [3.8, 4) is 5.75 Å². The summed E-state index contributed by atoms with van der Waals surface area (Å²) in [5.41, 5.74) is 5.92. The highest BCUT2D eigenvalue weighted by Gasteiger charge is 2.33. The molecule has 112 valence electrons. The third-order valence-corrected chi connectivity index (χ3v) is 5.76. The van der Waals surface area contributed by atoms with Crippen LogP contribution in [0.25, 0.3) is 0 Å². The number of methoxy groups -OCH3 is 1. The molecule has 1 aromatic rings. The lowest BCUT2D eigenvalue weighted by Crippen LogP contribution is -2.45. The lowest BCUT2D eigenvalue weighted by atomic mass is 9.93. The highest BCUT2D eigenvalue weighted by Crippen LogP contribution is 2.29. The fraction of sp³-hybridized carbons (Fsp3) is 0.571. The summed E-state index contributed by atoms with van der Waals surface area (Å²) < 4.78 is 32.2. The zero-order valence-corrected chi connectivity index (χ0v) is 12.8. The molecule has 0 aromatic heterocycles. The van der Waals surface area contributed by atoms with Crippen LogP contribution in [0.1, 0.15) is 19.8 Å². The molecular formula is C14H22N2O3S. The standard InChI is InChI=1S/C14H22N2O3S/c1-11(15)12-6-5-9-16(10-12)20(17,18)14-8-4-3-7-13(14)19-2/h3-4,7-8,11-12H,5-6,9-10,15H2,1-2H3/t11-,12+/m1/s1. The van der Waals surface area contributed by atoms with Crippen molar-refractivity contribution in [3.05, 3.63) is 24.3 Å². The predicted octanol–water partition coefficient (Wildman–Crippen LogP) is 1.44. The van der Waals surface area contributed by atoms with Gasteiger partial charge in [0.25, 0.3) is 0 Å². The van der Waals surface area contributed by atoms with Crippen molar-refractivity contribution in [1.29, 1.82) is 0 Å². The number of piperidine rings is 1.